The van der Waals surface area contributed by atoms with E-state index < -0.39 is 7.32 Å². The second-order valence-electron chi connectivity index (χ2n) is 1.50. The fraction of sp³-hybridized carbons (Fsp3) is 0. The molecule has 3 nitrogen and oxygen atoms in total. The average Bonchev–Trinajstić information content (AvgIpc) is 2.13. The van der Waals surface area contributed by atoms with Crippen molar-refractivity contribution in [2.24, 2.45) is 0 Å². The Kier molecular flexibility index (Phi) is 2.56. The predicted molar refractivity (Wildman–Crippen MR) is 40.1 cm³/mol. The van der Waals surface area contributed by atoms with Gasteiger partial charge >= 0.3 is 7.32 Å². The third-order valence-electron chi connectivity index (χ3n) is 0.770. The van der Waals surface area contributed by atoms with Crippen LogP contribution < -0.4 is 4.65 Å². The van der Waals surface area contributed by atoms with Crippen molar-refractivity contribution in [1.82, 2.24) is 0 Å². The lowest BCUT2D eigenvalue weighted by Gasteiger charge is -1.97. The van der Waals surface area contributed by atoms with E-state index in [2.05, 4.69) is 4.65 Å². The molecule has 0 spiro atoms. The van der Waals surface area contributed by atoms with Crippen molar-refractivity contribution in [3.8, 4) is 5.06 Å². The van der Waals surface area contributed by atoms with E-state index in [4.69, 9.17) is 21.6 Å². The molecule has 1 heterocycles. The molecule has 0 aliphatic heterocycles. The second kappa shape index (κ2) is 3.25. The average molecular weight is 178 g/mol. The van der Waals surface area contributed by atoms with Crippen molar-refractivity contribution >= 4 is 30.3 Å². The molecule has 0 aromatic carbocycles. The van der Waals surface area contributed by atoms with E-state index in [1.807, 2.05) is 0 Å². The number of halogens is 1. The molecule has 0 aliphatic carbocycles. The van der Waals surface area contributed by atoms with Crippen molar-refractivity contribution < 1.29 is 14.7 Å². The molecule has 10 heavy (non-hydrogen) atoms. The van der Waals surface area contributed by atoms with Gasteiger partial charge in [0.25, 0.3) is 0 Å². The van der Waals surface area contributed by atoms with Crippen LogP contribution in [-0.2, 0) is 0 Å². The van der Waals surface area contributed by atoms with Gasteiger partial charge in [0.1, 0.15) is 0 Å². The van der Waals surface area contributed by atoms with Gasteiger partial charge in [0.15, 0.2) is 5.06 Å². The first kappa shape index (κ1) is 7.88. The predicted octanol–water partition coefficient (Wildman–Crippen LogP) is 0.750. The monoisotopic (exact) mass is 178 g/mol. The summed E-state index contributed by atoms with van der Waals surface area (Å²) in [4.78, 5) is 0. The minimum absolute atomic E-state index is 0.389. The Morgan fingerprint density at radius 3 is 2.60 bits per heavy atom. The molecule has 0 bridgehead atoms. The van der Waals surface area contributed by atoms with Crippen molar-refractivity contribution in [3.63, 3.8) is 0 Å². The van der Waals surface area contributed by atoms with Crippen molar-refractivity contribution in [3.05, 3.63) is 16.5 Å². The maximum atomic E-state index is 8.31. The van der Waals surface area contributed by atoms with Gasteiger partial charge in [-0.25, -0.2) is 0 Å². The maximum absolute atomic E-state index is 8.31. The lowest BCUT2D eigenvalue weighted by molar-refractivity contribution is 0.292. The highest BCUT2D eigenvalue weighted by Gasteiger charge is 2.11. The Bertz CT molecular complexity index is 214. The second-order valence-corrected chi connectivity index (χ2v) is 3.18. The van der Waals surface area contributed by atoms with Crippen LogP contribution in [0.25, 0.3) is 0 Å². The topological polar surface area (TPSA) is 49.7 Å². The summed E-state index contributed by atoms with van der Waals surface area (Å²) in [5.41, 5.74) is 0. The Balaban J connectivity index is 2.58. The van der Waals surface area contributed by atoms with Crippen LogP contribution >= 0.6 is 22.9 Å². The third kappa shape index (κ3) is 2.19. The summed E-state index contributed by atoms with van der Waals surface area (Å²) in [7, 11) is -1.77. The Labute approximate surface area is 67.0 Å². The first-order valence-corrected chi connectivity index (χ1v) is 3.66. The molecule has 2 N–H and O–H groups in total. The highest BCUT2D eigenvalue weighted by Crippen LogP contribution is 2.27. The Morgan fingerprint density at radius 2 is 2.20 bits per heavy atom. The van der Waals surface area contributed by atoms with Crippen LogP contribution in [0.1, 0.15) is 0 Å². The fourth-order valence-electron chi connectivity index (χ4n) is 0.465. The van der Waals surface area contributed by atoms with Crippen LogP contribution in [0.15, 0.2) is 12.1 Å². The van der Waals surface area contributed by atoms with Crippen LogP contribution in [0.2, 0.25) is 4.34 Å². The zero-order valence-corrected chi connectivity index (χ0v) is 6.39. The number of thiophene rings is 1. The maximum Gasteiger partial charge on any atom is 0.708 e. The summed E-state index contributed by atoms with van der Waals surface area (Å²) in [6, 6.07) is 3.18. The van der Waals surface area contributed by atoms with Gasteiger partial charge in [-0.3, -0.25) is 0 Å². The third-order valence-corrected chi connectivity index (χ3v) is 1.89. The minimum atomic E-state index is -1.77. The molecule has 1 aromatic rings. The molecule has 6 heteroatoms. The molecule has 0 saturated heterocycles. The summed E-state index contributed by atoms with van der Waals surface area (Å²) in [6.07, 6.45) is 0. The van der Waals surface area contributed by atoms with Gasteiger partial charge in [-0.05, 0) is 12.1 Å². The van der Waals surface area contributed by atoms with Gasteiger partial charge in [-0.2, -0.15) is 0 Å². The van der Waals surface area contributed by atoms with Gasteiger partial charge in [0.05, 0.1) is 4.34 Å². The molecule has 0 unspecified atom stereocenters. The Hall–Kier alpha value is -0.225. The van der Waals surface area contributed by atoms with Gasteiger partial charge < -0.3 is 14.7 Å². The van der Waals surface area contributed by atoms with Crippen molar-refractivity contribution in [2.75, 3.05) is 0 Å². The van der Waals surface area contributed by atoms with Crippen LogP contribution in [0.3, 0.4) is 0 Å². The van der Waals surface area contributed by atoms with Gasteiger partial charge in [-0.15, -0.1) is 0 Å². The van der Waals surface area contributed by atoms with Crippen LogP contribution in [0.5, 0.6) is 5.06 Å². The summed E-state index contributed by atoms with van der Waals surface area (Å²) in [5, 5.41) is 17.0. The molecule has 0 radical (unpaired) electrons. The Morgan fingerprint density at radius 1 is 1.50 bits per heavy atom. The number of hydrogen-bond acceptors (Lipinski definition) is 4. The molecule has 0 aliphatic rings. The lowest BCUT2D eigenvalue weighted by atomic mass is 10.3. The van der Waals surface area contributed by atoms with E-state index in [0.29, 0.717) is 9.40 Å². The molecule has 0 amide bonds. The van der Waals surface area contributed by atoms with Crippen LogP contribution in [0, 0.1) is 0 Å². The van der Waals surface area contributed by atoms with E-state index >= 15 is 0 Å². The molecule has 54 valence electrons. The highest BCUT2D eigenvalue weighted by molar-refractivity contribution is 7.18. The minimum Gasteiger partial charge on any atom is -0.504 e. The SMILES string of the molecule is OB(O)Oc1ccc(Cl)s1. The molecular formula is C4H4BClO3S. The van der Waals surface area contributed by atoms with Gasteiger partial charge in [-0.1, -0.05) is 22.9 Å². The summed E-state index contributed by atoms with van der Waals surface area (Å²) in [5.74, 6) is 0. The largest absolute Gasteiger partial charge is 0.708 e. The first-order chi connectivity index (χ1) is 4.68. The van der Waals surface area contributed by atoms with E-state index in [1.165, 1.54) is 0 Å². The van der Waals surface area contributed by atoms with Crippen LogP contribution in [-0.4, -0.2) is 17.4 Å². The van der Waals surface area contributed by atoms with E-state index in [-0.39, 0.29) is 0 Å². The first-order valence-electron chi connectivity index (χ1n) is 2.46. The zero-order valence-electron chi connectivity index (χ0n) is 4.82. The van der Waals surface area contributed by atoms with Crippen LogP contribution in [0.4, 0.5) is 0 Å². The van der Waals surface area contributed by atoms with E-state index in [0.717, 1.165) is 11.3 Å². The number of hydrogen-bond donors (Lipinski definition) is 2. The molecule has 0 saturated carbocycles. The summed E-state index contributed by atoms with van der Waals surface area (Å²) < 4.78 is 5.03. The van der Waals surface area contributed by atoms with Crippen molar-refractivity contribution in [1.29, 1.82) is 0 Å². The molecule has 1 rings (SSSR count). The van der Waals surface area contributed by atoms with Crippen molar-refractivity contribution in [2.45, 2.75) is 0 Å². The van der Waals surface area contributed by atoms with E-state index in [1.54, 1.807) is 12.1 Å². The highest BCUT2D eigenvalue weighted by atomic mass is 35.5. The molecular weight excluding hydrogens is 174 g/mol. The summed E-state index contributed by atoms with van der Waals surface area (Å²) >= 11 is 6.66. The van der Waals surface area contributed by atoms with Gasteiger partial charge in [0.2, 0.25) is 0 Å². The molecule has 0 fully saturated rings. The lowest BCUT2D eigenvalue weighted by Crippen LogP contribution is -2.19. The zero-order chi connectivity index (χ0) is 7.56. The summed E-state index contributed by atoms with van der Waals surface area (Å²) in [6.45, 7) is 0. The fourth-order valence-corrected chi connectivity index (χ4v) is 1.35. The quantitative estimate of drug-likeness (QED) is 0.657. The molecule has 1 aromatic heterocycles. The standard InChI is InChI=1S/C4H4BClO3S/c6-3-1-2-4(10-3)9-5(7)8/h1-2,7-8H. The smallest absolute Gasteiger partial charge is 0.504 e. The van der Waals surface area contributed by atoms with E-state index in [9.17, 15) is 0 Å². The van der Waals surface area contributed by atoms with Gasteiger partial charge in [0, 0.05) is 0 Å². The normalized spacial score (nSPS) is 9.50. The number of rotatable bonds is 2. The molecule has 0 atom stereocenters.